The zero-order chi connectivity index (χ0) is 12.8. The van der Waals surface area contributed by atoms with Gasteiger partial charge < -0.3 is 10.1 Å². The van der Waals surface area contributed by atoms with Gasteiger partial charge in [-0.1, -0.05) is 0 Å². The SMILES string of the molecule is COCCC(C)Nc1ccc(-n2cnnn2)cc1. The van der Waals surface area contributed by atoms with Gasteiger partial charge in [-0.3, -0.25) is 0 Å². The molecule has 0 fully saturated rings. The average molecular weight is 247 g/mol. The van der Waals surface area contributed by atoms with Crippen LogP contribution in [0.2, 0.25) is 0 Å². The van der Waals surface area contributed by atoms with E-state index in [4.69, 9.17) is 4.74 Å². The Morgan fingerprint density at radius 1 is 1.33 bits per heavy atom. The first-order valence-corrected chi connectivity index (χ1v) is 5.88. The first kappa shape index (κ1) is 12.5. The molecule has 1 atom stereocenters. The third-order valence-corrected chi connectivity index (χ3v) is 2.65. The number of rotatable bonds is 6. The summed E-state index contributed by atoms with van der Waals surface area (Å²) in [6.07, 6.45) is 2.55. The second-order valence-electron chi connectivity index (χ2n) is 4.13. The van der Waals surface area contributed by atoms with E-state index in [9.17, 15) is 0 Å². The number of anilines is 1. The molecule has 0 amide bonds. The largest absolute Gasteiger partial charge is 0.385 e. The van der Waals surface area contributed by atoms with Crippen LogP contribution in [0.1, 0.15) is 13.3 Å². The molecule has 0 aliphatic carbocycles. The Morgan fingerprint density at radius 3 is 2.72 bits per heavy atom. The predicted octanol–water partition coefficient (Wildman–Crippen LogP) is 1.50. The molecule has 1 unspecified atom stereocenters. The zero-order valence-electron chi connectivity index (χ0n) is 10.6. The molecule has 2 aromatic rings. The number of nitrogens with one attached hydrogen (secondary N) is 1. The molecule has 18 heavy (non-hydrogen) atoms. The lowest BCUT2D eigenvalue weighted by Gasteiger charge is -2.14. The van der Waals surface area contributed by atoms with E-state index in [0.717, 1.165) is 24.4 Å². The Bertz CT molecular complexity index is 454. The topological polar surface area (TPSA) is 64.9 Å². The van der Waals surface area contributed by atoms with Gasteiger partial charge >= 0.3 is 0 Å². The number of nitrogens with zero attached hydrogens (tertiary/aromatic N) is 4. The summed E-state index contributed by atoms with van der Waals surface area (Å²) in [6, 6.07) is 8.35. The van der Waals surface area contributed by atoms with Crippen molar-refractivity contribution in [3.8, 4) is 5.69 Å². The van der Waals surface area contributed by atoms with Gasteiger partial charge in [0.25, 0.3) is 0 Å². The summed E-state index contributed by atoms with van der Waals surface area (Å²) in [5.74, 6) is 0. The van der Waals surface area contributed by atoms with Crippen molar-refractivity contribution in [2.45, 2.75) is 19.4 Å². The fraction of sp³-hybridized carbons (Fsp3) is 0.417. The van der Waals surface area contributed by atoms with Crippen molar-refractivity contribution in [1.82, 2.24) is 20.2 Å². The molecule has 0 aliphatic heterocycles. The number of tetrazole rings is 1. The van der Waals surface area contributed by atoms with E-state index in [1.807, 2.05) is 24.3 Å². The molecule has 6 heteroatoms. The van der Waals surface area contributed by atoms with Crippen molar-refractivity contribution < 1.29 is 4.74 Å². The van der Waals surface area contributed by atoms with Crippen LogP contribution >= 0.6 is 0 Å². The second-order valence-corrected chi connectivity index (χ2v) is 4.13. The van der Waals surface area contributed by atoms with Crippen LogP contribution in [-0.4, -0.2) is 40.0 Å². The van der Waals surface area contributed by atoms with E-state index < -0.39 is 0 Å². The highest BCUT2D eigenvalue weighted by Gasteiger charge is 2.02. The van der Waals surface area contributed by atoms with Crippen molar-refractivity contribution in [2.75, 3.05) is 19.0 Å². The van der Waals surface area contributed by atoms with Crippen LogP contribution < -0.4 is 5.32 Å². The van der Waals surface area contributed by atoms with Crippen molar-refractivity contribution >= 4 is 5.69 Å². The lowest BCUT2D eigenvalue weighted by Crippen LogP contribution is -2.17. The summed E-state index contributed by atoms with van der Waals surface area (Å²) in [4.78, 5) is 0. The van der Waals surface area contributed by atoms with Crippen LogP contribution in [0.25, 0.3) is 5.69 Å². The second kappa shape index (κ2) is 6.11. The Morgan fingerprint density at radius 2 is 2.11 bits per heavy atom. The lowest BCUT2D eigenvalue weighted by atomic mass is 10.2. The fourth-order valence-corrected chi connectivity index (χ4v) is 1.64. The van der Waals surface area contributed by atoms with E-state index in [-0.39, 0.29) is 0 Å². The molecule has 1 N–H and O–H groups in total. The third-order valence-electron chi connectivity index (χ3n) is 2.65. The van der Waals surface area contributed by atoms with Gasteiger partial charge in [-0.05, 0) is 48.0 Å². The highest BCUT2D eigenvalue weighted by molar-refractivity contribution is 5.48. The van der Waals surface area contributed by atoms with Crippen LogP contribution in [0.5, 0.6) is 0 Å². The molecule has 0 bridgehead atoms. The van der Waals surface area contributed by atoms with E-state index in [0.29, 0.717) is 6.04 Å². The third kappa shape index (κ3) is 3.27. The smallest absolute Gasteiger partial charge is 0.143 e. The molecule has 0 saturated carbocycles. The molecule has 0 radical (unpaired) electrons. The highest BCUT2D eigenvalue weighted by atomic mass is 16.5. The Labute approximate surface area is 106 Å². The Balaban J connectivity index is 1.95. The summed E-state index contributed by atoms with van der Waals surface area (Å²) < 4.78 is 6.68. The van der Waals surface area contributed by atoms with Crippen molar-refractivity contribution in [1.29, 1.82) is 0 Å². The number of aromatic nitrogens is 4. The maximum Gasteiger partial charge on any atom is 0.143 e. The Kier molecular flexibility index (Phi) is 4.25. The van der Waals surface area contributed by atoms with Gasteiger partial charge in [-0.15, -0.1) is 5.10 Å². The maximum atomic E-state index is 5.05. The summed E-state index contributed by atoms with van der Waals surface area (Å²) in [5, 5.41) is 14.5. The fourth-order valence-electron chi connectivity index (χ4n) is 1.64. The standard InChI is InChI=1S/C12H17N5O/c1-10(7-8-18-2)14-11-3-5-12(6-4-11)17-9-13-15-16-17/h3-6,9-10,14H,7-8H2,1-2H3. The molecule has 1 heterocycles. The van der Waals surface area contributed by atoms with Crippen LogP contribution in [-0.2, 0) is 4.74 Å². The normalized spacial score (nSPS) is 12.3. The molecule has 6 nitrogen and oxygen atoms in total. The minimum absolute atomic E-state index is 0.379. The van der Waals surface area contributed by atoms with E-state index in [1.165, 1.54) is 0 Å². The number of ether oxygens (including phenoxy) is 1. The number of hydrogen-bond acceptors (Lipinski definition) is 5. The zero-order valence-corrected chi connectivity index (χ0v) is 10.6. The number of benzene rings is 1. The number of hydrogen-bond donors (Lipinski definition) is 1. The Hall–Kier alpha value is -1.95. The molecule has 2 rings (SSSR count). The van der Waals surface area contributed by atoms with E-state index in [2.05, 4.69) is 27.8 Å². The summed E-state index contributed by atoms with van der Waals surface area (Å²) in [5.41, 5.74) is 2.02. The minimum atomic E-state index is 0.379. The average Bonchev–Trinajstić information content (AvgIpc) is 2.91. The van der Waals surface area contributed by atoms with Gasteiger partial charge in [0.05, 0.1) is 5.69 Å². The van der Waals surface area contributed by atoms with Crippen LogP contribution in [0.4, 0.5) is 5.69 Å². The minimum Gasteiger partial charge on any atom is -0.385 e. The molecule has 0 spiro atoms. The van der Waals surface area contributed by atoms with Gasteiger partial charge in [0.2, 0.25) is 0 Å². The molecular formula is C12H17N5O. The van der Waals surface area contributed by atoms with Gasteiger partial charge in [-0.2, -0.15) is 0 Å². The monoisotopic (exact) mass is 247 g/mol. The van der Waals surface area contributed by atoms with Gasteiger partial charge in [0, 0.05) is 25.4 Å². The maximum absolute atomic E-state index is 5.05. The highest BCUT2D eigenvalue weighted by Crippen LogP contribution is 2.13. The van der Waals surface area contributed by atoms with Gasteiger partial charge in [0.15, 0.2) is 0 Å². The summed E-state index contributed by atoms with van der Waals surface area (Å²) >= 11 is 0. The first-order chi connectivity index (χ1) is 8.79. The molecular weight excluding hydrogens is 230 g/mol. The van der Waals surface area contributed by atoms with Crippen molar-refractivity contribution in [3.05, 3.63) is 30.6 Å². The lowest BCUT2D eigenvalue weighted by molar-refractivity contribution is 0.191. The van der Waals surface area contributed by atoms with Gasteiger partial charge in [0.1, 0.15) is 6.33 Å². The molecule has 1 aromatic carbocycles. The first-order valence-electron chi connectivity index (χ1n) is 5.88. The summed E-state index contributed by atoms with van der Waals surface area (Å²) in [6.45, 7) is 2.89. The molecule has 0 saturated heterocycles. The molecule has 1 aromatic heterocycles. The van der Waals surface area contributed by atoms with Crippen LogP contribution in [0, 0.1) is 0 Å². The van der Waals surface area contributed by atoms with Crippen molar-refractivity contribution in [3.63, 3.8) is 0 Å². The molecule has 0 aliphatic rings. The number of methoxy groups -OCH3 is 1. The van der Waals surface area contributed by atoms with Crippen LogP contribution in [0.15, 0.2) is 30.6 Å². The predicted molar refractivity (Wildman–Crippen MR) is 68.7 cm³/mol. The van der Waals surface area contributed by atoms with Gasteiger partial charge in [-0.25, -0.2) is 4.68 Å². The summed E-state index contributed by atoms with van der Waals surface area (Å²) in [7, 11) is 1.72. The van der Waals surface area contributed by atoms with Crippen molar-refractivity contribution in [2.24, 2.45) is 0 Å². The van der Waals surface area contributed by atoms with Crippen LogP contribution in [0.3, 0.4) is 0 Å². The quantitative estimate of drug-likeness (QED) is 0.838. The van der Waals surface area contributed by atoms with E-state index in [1.54, 1.807) is 18.1 Å². The van der Waals surface area contributed by atoms with E-state index >= 15 is 0 Å². The molecule has 96 valence electrons.